The van der Waals surface area contributed by atoms with E-state index in [0.29, 0.717) is 37.6 Å². The van der Waals surface area contributed by atoms with Gasteiger partial charge in [0, 0.05) is 51.8 Å². The fourth-order valence-corrected chi connectivity index (χ4v) is 4.10. The Balaban J connectivity index is 1.47. The number of carbonyl (C=O) groups excluding carboxylic acids is 2. The summed E-state index contributed by atoms with van der Waals surface area (Å²) in [5.41, 5.74) is 5.01. The summed E-state index contributed by atoms with van der Waals surface area (Å²) in [7, 11) is 2.85. The molecule has 0 unspecified atom stereocenters. The fourth-order valence-electron chi connectivity index (χ4n) is 4.10. The van der Waals surface area contributed by atoms with Crippen molar-refractivity contribution in [2.75, 3.05) is 25.4 Å². The summed E-state index contributed by atoms with van der Waals surface area (Å²) in [5.74, 6) is -0.0534. The number of aromatic nitrogens is 3. The maximum Gasteiger partial charge on any atom is 0.331 e. The fraction of sp³-hybridized carbons (Fsp3) is 0.421. The van der Waals surface area contributed by atoms with E-state index in [2.05, 4.69) is 4.98 Å². The van der Waals surface area contributed by atoms with Gasteiger partial charge in [-0.05, 0) is 18.6 Å². The summed E-state index contributed by atoms with van der Waals surface area (Å²) in [6.45, 7) is 1.50. The average Bonchev–Trinajstić information content (AvgIpc) is 2.69. The van der Waals surface area contributed by atoms with Crippen molar-refractivity contribution in [2.24, 2.45) is 20.0 Å². The van der Waals surface area contributed by atoms with Gasteiger partial charge in [0.1, 0.15) is 17.2 Å². The van der Waals surface area contributed by atoms with Gasteiger partial charge in [0.15, 0.2) is 0 Å². The van der Waals surface area contributed by atoms with Crippen molar-refractivity contribution in [2.45, 2.75) is 12.5 Å². The van der Waals surface area contributed by atoms with Crippen molar-refractivity contribution in [3.63, 3.8) is 0 Å². The molecule has 2 aromatic rings. The van der Waals surface area contributed by atoms with Gasteiger partial charge >= 0.3 is 5.69 Å². The number of fused-ring (bicyclic) bond motifs is 1. The maximum absolute atomic E-state index is 12.9. The monoisotopic (exact) mass is 398 g/mol. The number of pyridine rings is 1. The van der Waals surface area contributed by atoms with E-state index in [-0.39, 0.29) is 29.5 Å². The number of carbonyl (C=O) groups is 2. The van der Waals surface area contributed by atoms with E-state index in [1.54, 1.807) is 28.0 Å². The van der Waals surface area contributed by atoms with E-state index in [4.69, 9.17) is 5.73 Å². The molecule has 10 heteroatoms. The van der Waals surface area contributed by atoms with Crippen LogP contribution in [0, 0.1) is 5.92 Å². The number of rotatable bonds is 2. The zero-order valence-corrected chi connectivity index (χ0v) is 16.2. The molecule has 2 aliphatic heterocycles. The van der Waals surface area contributed by atoms with Crippen LogP contribution in [0.3, 0.4) is 0 Å². The molecule has 2 amide bonds. The summed E-state index contributed by atoms with van der Waals surface area (Å²) < 4.78 is 2.16. The molecule has 2 N–H and O–H groups in total. The van der Waals surface area contributed by atoms with Crippen LogP contribution in [-0.4, -0.2) is 61.4 Å². The Morgan fingerprint density at radius 2 is 1.86 bits per heavy atom. The minimum atomic E-state index is -0.534. The van der Waals surface area contributed by atoms with Gasteiger partial charge in [-0.25, -0.2) is 9.78 Å². The molecule has 0 aliphatic carbocycles. The van der Waals surface area contributed by atoms with Gasteiger partial charge in [-0.3, -0.25) is 23.5 Å². The van der Waals surface area contributed by atoms with Crippen molar-refractivity contribution >= 4 is 17.6 Å². The van der Waals surface area contributed by atoms with Gasteiger partial charge in [0.25, 0.3) is 17.4 Å². The van der Waals surface area contributed by atoms with Crippen LogP contribution in [0.25, 0.3) is 0 Å². The number of nitrogen functional groups attached to an aromatic ring is 1. The molecule has 4 heterocycles. The quantitative estimate of drug-likeness (QED) is 0.696. The zero-order valence-electron chi connectivity index (χ0n) is 16.2. The number of anilines is 1. The molecule has 0 saturated carbocycles. The van der Waals surface area contributed by atoms with E-state index >= 15 is 0 Å². The highest BCUT2D eigenvalue weighted by molar-refractivity contribution is 5.94. The summed E-state index contributed by atoms with van der Waals surface area (Å²) in [6.07, 6.45) is 0.628. The van der Waals surface area contributed by atoms with Gasteiger partial charge in [0.2, 0.25) is 0 Å². The molecule has 0 radical (unpaired) electrons. The molecule has 2 fully saturated rings. The first-order chi connectivity index (χ1) is 13.8. The van der Waals surface area contributed by atoms with Crippen molar-refractivity contribution < 1.29 is 9.59 Å². The molecule has 2 aromatic heterocycles. The second-order valence-corrected chi connectivity index (χ2v) is 7.54. The zero-order chi connectivity index (χ0) is 20.9. The lowest BCUT2D eigenvalue weighted by Gasteiger charge is -2.53. The Kier molecular flexibility index (Phi) is 4.48. The highest BCUT2D eigenvalue weighted by atomic mass is 16.2. The number of hydrogen-bond donors (Lipinski definition) is 1. The third kappa shape index (κ3) is 3.10. The van der Waals surface area contributed by atoms with E-state index in [1.807, 2.05) is 0 Å². The molecule has 2 saturated heterocycles. The summed E-state index contributed by atoms with van der Waals surface area (Å²) >= 11 is 0. The second kappa shape index (κ2) is 6.87. The summed E-state index contributed by atoms with van der Waals surface area (Å²) in [4.78, 5) is 57.1. The Bertz CT molecular complexity index is 1120. The molecule has 152 valence electrons. The van der Waals surface area contributed by atoms with Crippen molar-refractivity contribution in [3.8, 4) is 0 Å². The number of nitrogens with zero attached hydrogens (tertiary/aromatic N) is 5. The Morgan fingerprint density at radius 1 is 1.10 bits per heavy atom. The molecule has 0 aromatic carbocycles. The predicted octanol–water partition coefficient (Wildman–Crippen LogP) is -0.952. The normalized spacial score (nSPS) is 20.8. The van der Waals surface area contributed by atoms with E-state index in [0.717, 1.165) is 4.57 Å². The predicted molar refractivity (Wildman–Crippen MR) is 104 cm³/mol. The van der Waals surface area contributed by atoms with Crippen molar-refractivity contribution in [1.82, 2.24) is 23.9 Å². The van der Waals surface area contributed by atoms with Crippen LogP contribution < -0.4 is 17.0 Å². The molecule has 10 nitrogen and oxygen atoms in total. The lowest BCUT2D eigenvalue weighted by atomic mass is 9.82. The van der Waals surface area contributed by atoms with Gasteiger partial charge in [0.05, 0.1) is 0 Å². The molecule has 29 heavy (non-hydrogen) atoms. The van der Waals surface area contributed by atoms with Crippen LogP contribution in [0.2, 0.25) is 0 Å². The minimum Gasteiger partial charge on any atom is -0.384 e. The Labute approximate surface area is 166 Å². The van der Waals surface area contributed by atoms with Gasteiger partial charge in [-0.1, -0.05) is 6.07 Å². The lowest BCUT2D eigenvalue weighted by Crippen LogP contribution is -2.66. The van der Waals surface area contributed by atoms with E-state index < -0.39 is 11.2 Å². The van der Waals surface area contributed by atoms with Gasteiger partial charge in [-0.15, -0.1) is 0 Å². The van der Waals surface area contributed by atoms with Gasteiger partial charge in [-0.2, -0.15) is 0 Å². The Morgan fingerprint density at radius 3 is 2.55 bits per heavy atom. The third-order valence-corrected chi connectivity index (χ3v) is 5.81. The van der Waals surface area contributed by atoms with Crippen LogP contribution in [0.4, 0.5) is 5.82 Å². The first kappa shape index (κ1) is 18.9. The van der Waals surface area contributed by atoms with E-state index in [1.165, 1.54) is 24.7 Å². The number of likely N-dealkylation sites (tertiary alicyclic amines) is 2. The summed E-state index contributed by atoms with van der Waals surface area (Å²) in [5, 5.41) is 0. The van der Waals surface area contributed by atoms with Crippen LogP contribution >= 0.6 is 0 Å². The molecule has 2 aliphatic rings. The van der Waals surface area contributed by atoms with Crippen LogP contribution in [-0.2, 0) is 14.1 Å². The van der Waals surface area contributed by atoms with Crippen LogP contribution in [0.1, 0.15) is 27.4 Å². The summed E-state index contributed by atoms with van der Waals surface area (Å²) in [6, 6.07) is 6.14. The standard InChI is InChI=1S/C19H22N6O4/c1-22-14(8-16(26)23(2)19(22)29)18(28)25-10-11-9-24(7-6-13(11)25)17(27)12-4-3-5-15(20)21-12/h3-5,8,11,13H,6-7,9-10H2,1-2H3,(H2,20,21)/t11-,13-/m0/s1. The average molecular weight is 398 g/mol. The minimum absolute atomic E-state index is 0.0143. The van der Waals surface area contributed by atoms with Gasteiger partial charge < -0.3 is 15.5 Å². The SMILES string of the molecule is Cn1c(C(=O)N2C[C@@H]3CN(C(=O)c4cccc(N)n4)CC[C@@H]32)cc(=O)n(C)c1=O. The maximum atomic E-state index is 12.9. The van der Waals surface area contributed by atoms with Crippen LogP contribution in [0.15, 0.2) is 33.9 Å². The molecular formula is C19H22N6O4. The van der Waals surface area contributed by atoms with Crippen molar-refractivity contribution in [3.05, 3.63) is 56.5 Å². The highest BCUT2D eigenvalue weighted by Crippen LogP contribution is 2.33. The molecule has 2 atom stereocenters. The van der Waals surface area contributed by atoms with E-state index in [9.17, 15) is 19.2 Å². The van der Waals surface area contributed by atoms with Crippen molar-refractivity contribution in [1.29, 1.82) is 0 Å². The molecule has 4 rings (SSSR count). The number of hydrogen-bond acceptors (Lipinski definition) is 6. The smallest absolute Gasteiger partial charge is 0.331 e. The largest absolute Gasteiger partial charge is 0.384 e. The number of piperidine rings is 1. The molecule has 0 spiro atoms. The third-order valence-electron chi connectivity index (χ3n) is 5.81. The lowest BCUT2D eigenvalue weighted by molar-refractivity contribution is -0.0233. The number of nitrogens with two attached hydrogens (primary N) is 1. The first-order valence-corrected chi connectivity index (χ1v) is 9.37. The topological polar surface area (TPSA) is 124 Å². The molecular weight excluding hydrogens is 376 g/mol. The highest BCUT2D eigenvalue weighted by Gasteiger charge is 2.46. The Hall–Kier alpha value is -3.43. The molecule has 0 bridgehead atoms. The second-order valence-electron chi connectivity index (χ2n) is 7.54. The van der Waals surface area contributed by atoms with Crippen LogP contribution in [0.5, 0.6) is 0 Å². The number of amides is 2. The first-order valence-electron chi connectivity index (χ1n) is 9.37.